The highest BCUT2D eigenvalue weighted by Crippen LogP contribution is 1.98. The number of rotatable bonds is 2. The lowest BCUT2D eigenvalue weighted by Crippen LogP contribution is -1.91. The highest BCUT2D eigenvalue weighted by atomic mass is 16.3. The molecule has 0 heterocycles. The van der Waals surface area contributed by atoms with E-state index in [1.54, 1.807) is 0 Å². The lowest BCUT2D eigenvalue weighted by Gasteiger charge is -1.95. The molecule has 0 saturated heterocycles. The SMILES string of the molecule is CC[C](C)C[O]. The van der Waals surface area contributed by atoms with Crippen LogP contribution in [0.15, 0.2) is 0 Å². The van der Waals surface area contributed by atoms with Gasteiger partial charge in [0.05, 0.1) is 6.61 Å². The first-order valence-corrected chi connectivity index (χ1v) is 2.20. The molecule has 0 unspecified atom stereocenters. The molecule has 0 amide bonds. The molecule has 0 atom stereocenters. The normalized spacial score (nSPS) is 10.0. The summed E-state index contributed by atoms with van der Waals surface area (Å²) in [5.74, 6) is 1.04. The Morgan fingerprint density at radius 2 is 2.17 bits per heavy atom. The van der Waals surface area contributed by atoms with Crippen molar-refractivity contribution < 1.29 is 5.11 Å². The van der Waals surface area contributed by atoms with E-state index in [0.29, 0.717) is 0 Å². The van der Waals surface area contributed by atoms with Gasteiger partial charge in [-0.1, -0.05) is 13.8 Å². The molecule has 0 saturated carbocycles. The molecule has 0 fully saturated rings. The highest BCUT2D eigenvalue weighted by Gasteiger charge is 1.92. The van der Waals surface area contributed by atoms with Gasteiger partial charge in [-0.25, -0.2) is 5.11 Å². The molecule has 36 valence electrons. The average molecular weight is 86.1 g/mol. The van der Waals surface area contributed by atoms with Crippen LogP contribution in [0.1, 0.15) is 20.3 Å². The molecule has 0 spiro atoms. The molecule has 0 aromatic carbocycles. The van der Waals surface area contributed by atoms with Gasteiger partial charge in [0, 0.05) is 5.92 Å². The van der Waals surface area contributed by atoms with Crippen LogP contribution in [0, 0.1) is 5.92 Å². The van der Waals surface area contributed by atoms with E-state index in [2.05, 4.69) is 0 Å². The summed E-state index contributed by atoms with van der Waals surface area (Å²) in [7, 11) is 0. The minimum atomic E-state index is -0.00347. The summed E-state index contributed by atoms with van der Waals surface area (Å²) in [6.07, 6.45) is 0.934. The minimum absolute atomic E-state index is 0.00347. The Kier molecular flexibility index (Phi) is 3.14. The van der Waals surface area contributed by atoms with Crippen LogP contribution in [0.25, 0.3) is 0 Å². The van der Waals surface area contributed by atoms with Gasteiger partial charge in [-0.05, 0) is 6.42 Å². The Labute approximate surface area is 39.0 Å². The Hall–Kier alpha value is -0.0400. The summed E-state index contributed by atoms with van der Waals surface area (Å²) in [6.45, 7) is 3.87. The first kappa shape index (κ1) is 5.96. The van der Waals surface area contributed by atoms with E-state index in [-0.39, 0.29) is 6.61 Å². The Morgan fingerprint density at radius 3 is 2.17 bits per heavy atom. The summed E-state index contributed by atoms with van der Waals surface area (Å²) in [6, 6.07) is 0. The molecule has 0 aliphatic rings. The van der Waals surface area contributed by atoms with Crippen molar-refractivity contribution in [2.24, 2.45) is 0 Å². The second kappa shape index (κ2) is 3.16. The van der Waals surface area contributed by atoms with Gasteiger partial charge in [0.25, 0.3) is 0 Å². The van der Waals surface area contributed by atoms with Gasteiger partial charge in [-0.3, -0.25) is 0 Å². The molecule has 6 heavy (non-hydrogen) atoms. The molecule has 0 aliphatic carbocycles. The fraction of sp³-hybridized carbons (Fsp3) is 0.800. The first-order valence-electron chi connectivity index (χ1n) is 2.20. The molecule has 0 aromatic heterocycles. The Bertz CT molecular complexity index is 23.1. The predicted molar refractivity (Wildman–Crippen MR) is 24.8 cm³/mol. The van der Waals surface area contributed by atoms with Crippen molar-refractivity contribution in [3.8, 4) is 0 Å². The van der Waals surface area contributed by atoms with E-state index in [4.69, 9.17) is 0 Å². The zero-order valence-corrected chi connectivity index (χ0v) is 4.32. The van der Waals surface area contributed by atoms with Crippen molar-refractivity contribution in [1.82, 2.24) is 0 Å². The zero-order chi connectivity index (χ0) is 4.99. The molecule has 0 N–H and O–H groups in total. The van der Waals surface area contributed by atoms with E-state index >= 15 is 0 Å². The van der Waals surface area contributed by atoms with Crippen LogP contribution in [0.2, 0.25) is 0 Å². The summed E-state index contributed by atoms with van der Waals surface area (Å²) in [4.78, 5) is 0. The van der Waals surface area contributed by atoms with E-state index in [9.17, 15) is 5.11 Å². The van der Waals surface area contributed by atoms with Crippen LogP contribution < -0.4 is 0 Å². The third-order valence-corrected chi connectivity index (χ3v) is 0.850. The van der Waals surface area contributed by atoms with Crippen LogP contribution in [0.4, 0.5) is 0 Å². The summed E-state index contributed by atoms with van der Waals surface area (Å²) in [5.41, 5.74) is 0. The zero-order valence-electron chi connectivity index (χ0n) is 4.32. The number of hydrogen-bond donors (Lipinski definition) is 0. The molecule has 0 rings (SSSR count). The molecule has 0 aromatic rings. The summed E-state index contributed by atoms with van der Waals surface area (Å²) < 4.78 is 0. The topological polar surface area (TPSA) is 19.9 Å². The fourth-order valence-corrected chi connectivity index (χ4v) is 0.102. The monoisotopic (exact) mass is 86.1 g/mol. The summed E-state index contributed by atoms with van der Waals surface area (Å²) >= 11 is 0. The molecule has 1 heteroatoms. The third kappa shape index (κ3) is 2.21. The van der Waals surface area contributed by atoms with Gasteiger partial charge in [0.15, 0.2) is 0 Å². The lowest BCUT2D eigenvalue weighted by atomic mass is 10.1. The van der Waals surface area contributed by atoms with Crippen LogP contribution in [-0.2, 0) is 5.11 Å². The van der Waals surface area contributed by atoms with E-state index in [1.807, 2.05) is 13.8 Å². The smallest absolute Gasteiger partial charge is 0.0881 e. The molecular weight excluding hydrogens is 76.1 g/mol. The second-order valence-corrected chi connectivity index (χ2v) is 1.45. The van der Waals surface area contributed by atoms with Crippen LogP contribution in [-0.4, -0.2) is 6.61 Å². The minimum Gasteiger partial charge on any atom is -0.236 e. The molecule has 0 aliphatic heterocycles. The third-order valence-electron chi connectivity index (χ3n) is 0.850. The van der Waals surface area contributed by atoms with Gasteiger partial charge >= 0.3 is 0 Å². The van der Waals surface area contributed by atoms with Crippen LogP contribution in [0.5, 0.6) is 0 Å². The van der Waals surface area contributed by atoms with Gasteiger partial charge in [-0.2, -0.15) is 0 Å². The van der Waals surface area contributed by atoms with Crippen molar-refractivity contribution >= 4 is 0 Å². The second-order valence-electron chi connectivity index (χ2n) is 1.45. The highest BCUT2D eigenvalue weighted by molar-refractivity contribution is 4.79. The van der Waals surface area contributed by atoms with Gasteiger partial charge in [0.1, 0.15) is 0 Å². The largest absolute Gasteiger partial charge is 0.236 e. The van der Waals surface area contributed by atoms with Crippen molar-refractivity contribution in [3.05, 3.63) is 5.92 Å². The molecule has 2 radical (unpaired) electrons. The van der Waals surface area contributed by atoms with Crippen molar-refractivity contribution in [2.75, 3.05) is 6.61 Å². The van der Waals surface area contributed by atoms with Gasteiger partial charge < -0.3 is 0 Å². The first-order chi connectivity index (χ1) is 2.81. The van der Waals surface area contributed by atoms with Gasteiger partial charge in [-0.15, -0.1) is 0 Å². The van der Waals surface area contributed by atoms with Gasteiger partial charge in [0.2, 0.25) is 0 Å². The fourth-order valence-electron chi connectivity index (χ4n) is 0.102. The average Bonchev–Trinajstić information content (AvgIpc) is 1.65. The predicted octanol–water partition coefficient (Wildman–Crippen LogP) is 1.42. The molecule has 1 nitrogen and oxygen atoms in total. The van der Waals surface area contributed by atoms with Crippen LogP contribution >= 0.6 is 0 Å². The number of hydrogen-bond acceptors (Lipinski definition) is 0. The van der Waals surface area contributed by atoms with Crippen molar-refractivity contribution in [1.29, 1.82) is 0 Å². The summed E-state index contributed by atoms with van der Waals surface area (Å²) in [5, 5.41) is 9.82. The lowest BCUT2D eigenvalue weighted by molar-refractivity contribution is 0.203. The molecular formula is C5H10O. The van der Waals surface area contributed by atoms with E-state index in [1.165, 1.54) is 0 Å². The maximum atomic E-state index is 9.82. The van der Waals surface area contributed by atoms with Crippen LogP contribution in [0.3, 0.4) is 0 Å². The van der Waals surface area contributed by atoms with E-state index in [0.717, 1.165) is 12.3 Å². The maximum absolute atomic E-state index is 9.82. The standard InChI is InChI=1S/C5H10O/c1-3-5(2)4-6/h3-4H2,1-2H3. The van der Waals surface area contributed by atoms with E-state index < -0.39 is 0 Å². The van der Waals surface area contributed by atoms with Crippen molar-refractivity contribution in [3.63, 3.8) is 0 Å². The molecule has 0 bridgehead atoms. The quantitative estimate of drug-likeness (QED) is 0.484. The Morgan fingerprint density at radius 1 is 1.67 bits per heavy atom. The van der Waals surface area contributed by atoms with Crippen molar-refractivity contribution in [2.45, 2.75) is 20.3 Å². The maximum Gasteiger partial charge on any atom is 0.0881 e. The Balaban J connectivity index is 2.75.